The molecule has 1 aliphatic carbocycles. The van der Waals surface area contributed by atoms with Crippen molar-refractivity contribution < 1.29 is 18.2 Å². The number of hydrogen-bond donors (Lipinski definition) is 0. The molecule has 1 unspecified atom stereocenters. The molecule has 0 N–H and O–H groups in total. The normalized spacial score (nSPS) is 18.4. The van der Waals surface area contributed by atoms with Gasteiger partial charge in [-0.05, 0) is 29.2 Å². The van der Waals surface area contributed by atoms with Crippen LogP contribution in [0.1, 0.15) is 17.0 Å². The summed E-state index contributed by atoms with van der Waals surface area (Å²) in [5.41, 5.74) is 3.86. The summed E-state index contributed by atoms with van der Waals surface area (Å²) >= 11 is 1.35. The molecule has 0 saturated heterocycles. The Balaban J connectivity index is 0.000000267. The van der Waals surface area contributed by atoms with Crippen LogP contribution in [0.5, 0.6) is 0 Å². The van der Waals surface area contributed by atoms with Crippen LogP contribution in [0, 0.1) is 0 Å². The fourth-order valence-electron chi connectivity index (χ4n) is 1.91. The third-order valence-electron chi connectivity index (χ3n) is 2.56. The number of allylic oxidation sites excluding steroid dienone is 2. The van der Waals surface area contributed by atoms with Crippen molar-refractivity contribution in [3.63, 3.8) is 0 Å². The summed E-state index contributed by atoms with van der Waals surface area (Å²) in [6.45, 7) is 0. The quantitative estimate of drug-likeness (QED) is 0.473. The van der Waals surface area contributed by atoms with Crippen molar-refractivity contribution in [2.75, 3.05) is 0 Å². The van der Waals surface area contributed by atoms with E-state index in [1.54, 1.807) is 6.20 Å². The summed E-state index contributed by atoms with van der Waals surface area (Å²) in [5, 5.41) is 0. The van der Waals surface area contributed by atoms with E-state index in [9.17, 15) is 0 Å². The predicted octanol–water partition coefficient (Wildman–Crippen LogP) is 5.47. The van der Waals surface area contributed by atoms with Gasteiger partial charge in [0.1, 0.15) is 0 Å². The monoisotopic (exact) mass is 439 g/mol. The first-order chi connectivity index (χ1) is 8.58. The molecule has 6 heteroatoms. The molecule has 0 fully saturated rings. The molecule has 0 amide bonds. The van der Waals surface area contributed by atoms with Gasteiger partial charge in [-0.3, -0.25) is 0 Å². The van der Waals surface area contributed by atoms with Crippen LogP contribution in [0.3, 0.4) is 0 Å². The topological polar surface area (TPSA) is 12.4 Å². The van der Waals surface area contributed by atoms with Crippen molar-refractivity contribution in [1.29, 1.82) is 0 Å². The van der Waals surface area contributed by atoms with E-state index in [0.29, 0.717) is 0 Å². The van der Waals surface area contributed by atoms with Gasteiger partial charge in [0.2, 0.25) is 0 Å². The van der Waals surface area contributed by atoms with Gasteiger partial charge in [-0.15, -0.1) is 12.3 Å². The third-order valence-corrected chi connectivity index (χ3v) is 3.05. The molecule has 0 saturated carbocycles. The van der Waals surface area contributed by atoms with Gasteiger partial charge >= 0.3 is 43.7 Å². The van der Waals surface area contributed by atoms with Gasteiger partial charge in [0.05, 0.1) is 0 Å². The predicted molar refractivity (Wildman–Crippen MR) is 79.0 cm³/mol. The molecular weight excluding hydrogens is 436 g/mol. The summed E-state index contributed by atoms with van der Waals surface area (Å²) in [4.78, 5) is 4.06. The van der Waals surface area contributed by atoms with Gasteiger partial charge in [-0.25, -0.2) is 0 Å². The van der Waals surface area contributed by atoms with E-state index in [4.69, 9.17) is 25.5 Å². The van der Waals surface area contributed by atoms with E-state index in [1.807, 2.05) is 0 Å². The van der Waals surface area contributed by atoms with Crippen molar-refractivity contribution in [3.8, 4) is 0 Å². The maximum atomic E-state index is 5.00. The molecule has 18 heavy (non-hydrogen) atoms. The van der Waals surface area contributed by atoms with Crippen molar-refractivity contribution in [2.24, 2.45) is 4.99 Å². The van der Waals surface area contributed by atoms with Crippen LogP contribution < -0.4 is 0 Å². The van der Waals surface area contributed by atoms with Crippen LogP contribution in [0.4, 0.5) is 0 Å². The van der Waals surface area contributed by atoms with E-state index in [1.165, 1.54) is 16.7 Å². The Morgan fingerprint density at radius 2 is 2.00 bits per heavy atom. The van der Waals surface area contributed by atoms with Gasteiger partial charge in [0.15, 0.2) is 0 Å². The molecular formula is C12H7BrCl3NZr-. The average Bonchev–Trinajstić information content (AvgIpc) is 2.65. The number of nitrogens with zero attached hydrogens (tertiary/aromatic N) is 1. The minimum absolute atomic E-state index is 0.253. The van der Waals surface area contributed by atoms with Crippen molar-refractivity contribution in [1.82, 2.24) is 0 Å². The van der Waals surface area contributed by atoms with E-state index in [0.717, 1.165) is 4.47 Å². The molecule has 1 aliphatic heterocycles. The Morgan fingerprint density at radius 3 is 2.72 bits per heavy atom. The molecule has 3 rings (SSSR count). The third kappa shape index (κ3) is 3.80. The molecule has 1 heterocycles. The van der Waals surface area contributed by atoms with Crippen LogP contribution in [-0.2, 0) is 18.2 Å². The second-order valence-corrected chi connectivity index (χ2v) is 15.7. The van der Waals surface area contributed by atoms with E-state index in [-0.39, 0.29) is 5.92 Å². The Kier molecular flexibility index (Phi) is 5.71. The number of benzene rings is 1. The summed E-state index contributed by atoms with van der Waals surface area (Å²) in [7, 11) is 15.0. The van der Waals surface area contributed by atoms with Gasteiger partial charge in [0, 0.05) is 4.47 Å². The molecule has 0 spiro atoms. The fourth-order valence-corrected chi connectivity index (χ4v) is 2.28. The Hall–Kier alpha value is 0.603. The van der Waals surface area contributed by atoms with Crippen LogP contribution in [0.25, 0.3) is 6.08 Å². The van der Waals surface area contributed by atoms with Crippen LogP contribution in [0.2, 0.25) is 0 Å². The number of rotatable bonds is 0. The Morgan fingerprint density at radius 1 is 1.28 bits per heavy atom. The zero-order chi connectivity index (χ0) is 13.1. The van der Waals surface area contributed by atoms with Crippen molar-refractivity contribution >= 4 is 53.8 Å². The van der Waals surface area contributed by atoms with E-state index < -0.39 is 18.2 Å². The molecule has 0 aromatic heterocycles. The number of aliphatic imine (C=N–C) groups is 1. The minimum atomic E-state index is -2.13. The van der Waals surface area contributed by atoms with Gasteiger partial charge in [-0.2, -0.15) is 6.21 Å². The van der Waals surface area contributed by atoms with Gasteiger partial charge < -0.3 is 4.99 Å². The van der Waals surface area contributed by atoms with Gasteiger partial charge in [0.25, 0.3) is 0 Å². The first-order valence-corrected chi connectivity index (χ1v) is 15.3. The number of fused-ring (bicyclic) bond motifs is 3. The summed E-state index contributed by atoms with van der Waals surface area (Å²) < 4.78 is 1.12. The summed E-state index contributed by atoms with van der Waals surface area (Å²) in [6.07, 6.45) is 9.15. The first-order valence-electron chi connectivity index (χ1n) is 5.04. The van der Waals surface area contributed by atoms with Crippen LogP contribution >= 0.6 is 41.5 Å². The van der Waals surface area contributed by atoms with Gasteiger partial charge in [-0.1, -0.05) is 33.6 Å². The molecule has 93 valence electrons. The second-order valence-electron chi connectivity index (χ2n) is 3.64. The van der Waals surface area contributed by atoms with E-state index in [2.05, 4.69) is 57.5 Å². The Labute approximate surface area is 133 Å². The molecule has 1 atom stereocenters. The molecule has 2 aliphatic rings. The van der Waals surface area contributed by atoms with Crippen LogP contribution in [0.15, 0.2) is 45.5 Å². The molecule has 0 bridgehead atoms. The standard InChI is InChI=1S/C12H7BrN.3ClH.Zr/c13-10-1-2-11-9(6-10)5-8-3-4-14-7-12(8)11;;;;/h1-6,12H;3*1H;/q-1;;;;+3/p-3. The summed E-state index contributed by atoms with van der Waals surface area (Å²) in [6, 6.07) is 6.33. The summed E-state index contributed by atoms with van der Waals surface area (Å²) in [5.74, 6) is 0.253. The maximum absolute atomic E-state index is 5.00. The second kappa shape index (κ2) is 6.86. The molecule has 1 aromatic rings. The first kappa shape index (κ1) is 15.0. The number of hydrogen-bond acceptors (Lipinski definition) is 1. The fraction of sp³-hybridized carbons (Fsp3) is 0.0833. The SMILES string of the molecule is Brc1ccc2c(c1)C=C1C=CN=[C-]C12.[Cl][Zr]([Cl])[Cl]. The zero-order valence-corrected chi connectivity index (χ0v) is 15.3. The molecule has 1 aromatic carbocycles. The zero-order valence-electron chi connectivity index (χ0n) is 9.00. The van der Waals surface area contributed by atoms with E-state index >= 15 is 0 Å². The van der Waals surface area contributed by atoms with Crippen molar-refractivity contribution in [3.05, 3.63) is 51.6 Å². The number of halogens is 4. The molecule has 0 radical (unpaired) electrons. The van der Waals surface area contributed by atoms with Crippen molar-refractivity contribution in [2.45, 2.75) is 5.92 Å². The molecule has 1 nitrogen and oxygen atoms in total. The van der Waals surface area contributed by atoms with Crippen LogP contribution in [-0.4, -0.2) is 6.21 Å². The Bertz CT molecular complexity index is 537. The average molecular weight is 443 g/mol.